The van der Waals surface area contributed by atoms with Gasteiger partial charge in [-0.2, -0.15) is 4.31 Å². The summed E-state index contributed by atoms with van der Waals surface area (Å²) in [7, 11) is -3.51. The highest BCUT2D eigenvalue weighted by Crippen LogP contribution is 2.34. The van der Waals surface area contributed by atoms with Crippen LogP contribution in [-0.4, -0.2) is 74.6 Å². The smallest absolute Gasteiger partial charge is 0.244 e. The van der Waals surface area contributed by atoms with Crippen molar-refractivity contribution >= 4 is 15.8 Å². The molecule has 1 aromatic carbocycles. The van der Waals surface area contributed by atoms with Crippen LogP contribution in [0.1, 0.15) is 39.2 Å². The topological polar surface area (TPSA) is 84.0 Å². The monoisotopic (exact) mass is 502 g/mol. The Morgan fingerprint density at radius 1 is 1.14 bits per heavy atom. The number of pyridine rings is 1. The van der Waals surface area contributed by atoms with E-state index in [1.165, 1.54) is 6.20 Å². The molecule has 4 rings (SSSR count). The van der Waals surface area contributed by atoms with Gasteiger partial charge in [-0.05, 0) is 48.1 Å². The summed E-state index contributed by atoms with van der Waals surface area (Å²) in [5.74, 6) is 1.48. The number of aromatic nitrogens is 1. The van der Waals surface area contributed by atoms with Crippen LogP contribution in [0.15, 0.2) is 47.5 Å². The molecule has 0 radical (unpaired) electrons. The molecule has 0 spiro atoms. The number of nitrogens with zero attached hydrogens (tertiary/aromatic N) is 3. The van der Waals surface area contributed by atoms with Crippen LogP contribution < -0.4 is 10.1 Å². The van der Waals surface area contributed by atoms with Crippen molar-refractivity contribution in [1.82, 2.24) is 14.2 Å². The molecule has 192 valence electrons. The van der Waals surface area contributed by atoms with Gasteiger partial charge >= 0.3 is 0 Å². The lowest BCUT2D eigenvalue weighted by molar-refractivity contribution is 0.0322. The number of morpholine rings is 1. The maximum atomic E-state index is 13.1. The third-order valence-electron chi connectivity index (χ3n) is 6.43. The Labute approximate surface area is 209 Å². The van der Waals surface area contributed by atoms with Gasteiger partial charge in [0.2, 0.25) is 10.0 Å². The Balaban J connectivity index is 1.28. The van der Waals surface area contributed by atoms with Crippen molar-refractivity contribution in [3.63, 3.8) is 0 Å². The van der Waals surface area contributed by atoms with Crippen LogP contribution in [0.25, 0.3) is 0 Å². The highest BCUT2D eigenvalue weighted by molar-refractivity contribution is 7.89. The van der Waals surface area contributed by atoms with E-state index >= 15 is 0 Å². The van der Waals surface area contributed by atoms with Crippen molar-refractivity contribution < 1.29 is 17.9 Å². The first-order valence-corrected chi connectivity index (χ1v) is 13.9. The van der Waals surface area contributed by atoms with Crippen LogP contribution in [0, 0.1) is 5.41 Å². The quantitative estimate of drug-likeness (QED) is 0.531. The number of ether oxygens (including phenoxy) is 2. The highest BCUT2D eigenvalue weighted by Gasteiger charge is 2.40. The van der Waals surface area contributed by atoms with E-state index < -0.39 is 10.0 Å². The Morgan fingerprint density at radius 3 is 2.60 bits per heavy atom. The Kier molecular flexibility index (Phi) is 8.31. The summed E-state index contributed by atoms with van der Waals surface area (Å²) in [6.07, 6.45) is 3.23. The number of benzene rings is 1. The largest absolute Gasteiger partial charge is 0.492 e. The molecule has 1 aromatic heterocycles. The van der Waals surface area contributed by atoms with Crippen molar-refractivity contribution in [2.75, 3.05) is 51.3 Å². The number of anilines is 1. The van der Waals surface area contributed by atoms with Gasteiger partial charge in [0.25, 0.3) is 0 Å². The van der Waals surface area contributed by atoms with Crippen LogP contribution in [0.3, 0.4) is 0 Å². The highest BCUT2D eigenvalue weighted by atomic mass is 32.2. The van der Waals surface area contributed by atoms with Crippen LogP contribution >= 0.6 is 0 Å². The van der Waals surface area contributed by atoms with Crippen LogP contribution in [0.5, 0.6) is 5.75 Å². The fourth-order valence-electron chi connectivity index (χ4n) is 4.47. The second kappa shape index (κ2) is 11.2. The van der Waals surface area contributed by atoms with Crippen molar-refractivity contribution in [3.05, 3.63) is 48.2 Å². The molecule has 2 saturated heterocycles. The van der Waals surface area contributed by atoms with E-state index in [0.717, 1.165) is 57.0 Å². The van der Waals surface area contributed by atoms with Gasteiger partial charge in [0.05, 0.1) is 13.2 Å². The van der Waals surface area contributed by atoms with Gasteiger partial charge in [0.15, 0.2) is 0 Å². The zero-order valence-corrected chi connectivity index (χ0v) is 21.9. The Bertz CT molecular complexity index is 1060. The van der Waals surface area contributed by atoms with E-state index in [4.69, 9.17) is 9.47 Å². The van der Waals surface area contributed by atoms with E-state index in [9.17, 15) is 8.42 Å². The van der Waals surface area contributed by atoms with E-state index in [-0.39, 0.29) is 16.4 Å². The lowest BCUT2D eigenvalue weighted by Crippen LogP contribution is -2.52. The van der Waals surface area contributed by atoms with Crippen molar-refractivity contribution in [2.24, 2.45) is 5.41 Å². The molecule has 0 bridgehead atoms. The average molecular weight is 503 g/mol. The molecular formula is C26H38N4O4S. The molecule has 0 saturated carbocycles. The first-order valence-electron chi connectivity index (χ1n) is 12.4. The zero-order valence-electron chi connectivity index (χ0n) is 21.1. The summed E-state index contributed by atoms with van der Waals surface area (Å²) in [6.45, 7) is 12.6. The van der Waals surface area contributed by atoms with Crippen LogP contribution in [0.4, 0.5) is 5.82 Å². The molecule has 0 amide bonds. The Morgan fingerprint density at radius 2 is 1.94 bits per heavy atom. The van der Waals surface area contributed by atoms with Gasteiger partial charge in [-0.15, -0.1) is 0 Å². The summed E-state index contributed by atoms with van der Waals surface area (Å²) >= 11 is 0. The van der Waals surface area contributed by atoms with Gasteiger partial charge in [-0.1, -0.05) is 32.9 Å². The molecular weight excluding hydrogens is 464 g/mol. The molecule has 9 heteroatoms. The fraction of sp³-hybridized carbons (Fsp3) is 0.577. The predicted octanol–water partition coefficient (Wildman–Crippen LogP) is 3.60. The molecule has 2 fully saturated rings. The van der Waals surface area contributed by atoms with Crippen molar-refractivity contribution in [2.45, 2.75) is 51.1 Å². The SMILES string of the molecule is CC(C)(C)CC1CCN1S(=O)(=O)c1ccc(NCc2cccc(OCCN3CCOCC3)c2)nc1. The van der Waals surface area contributed by atoms with Crippen LogP contribution in [-0.2, 0) is 21.3 Å². The van der Waals surface area contributed by atoms with E-state index in [0.29, 0.717) is 25.5 Å². The zero-order chi connectivity index (χ0) is 24.9. The van der Waals surface area contributed by atoms with E-state index in [1.54, 1.807) is 16.4 Å². The third-order valence-corrected chi connectivity index (χ3v) is 8.37. The number of nitrogens with one attached hydrogen (secondary N) is 1. The number of rotatable bonds is 10. The molecule has 2 aromatic rings. The molecule has 2 aliphatic heterocycles. The maximum Gasteiger partial charge on any atom is 0.244 e. The Hall–Kier alpha value is -2.20. The minimum atomic E-state index is -3.51. The summed E-state index contributed by atoms with van der Waals surface area (Å²) < 4.78 is 39.1. The molecule has 2 aliphatic rings. The second-order valence-corrected chi connectivity index (χ2v) is 12.4. The fourth-order valence-corrected chi connectivity index (χ4v) is 6.09. The molecule has 0 aliphatic carbocycles. The van der Waals surface area contributed by atoms with E-state index in [1.807, 2.05) is 24.3 Å². The van der Waals surface area contributed by atoms with Crippen molar-refractivity contribution in [3.8, 4) is 5.75 Å². The lowest BCUT2D eigenvalue weighted by atomic mass is 9.85. The van der Waals surface area contributed by atoms with Crippen LogP contribution in [0.2, 0.25) is 0 Å². The first-order chi connectivity index (χ1) is 16.7. The average Bonchev–Trinajstić information content (AvgIpc) is 2.81. The van der Waals surface area contributed by atoms with Gasteiger partial charge in [-0.3, -0.25) is 4.90 Å². The summed E-state index contributed by atoms with van der Waals surface area (Å²) in [6, 6.07) is 11.4. The first kappa shape index (κ1) is 25.9. The lowest BCUT2D eigenvalue weighted by Gasteiger charge is -2.42. The van der Waals surface area contributed by atoms with Gasteiger partial charge in [0, 0.05) is 45.0 Å². The summed E-state index contributed by atoms with van der Waals surface area (Å²) in [5, 5.41) is 3.27. The molecule has 1 N–H and O–H groups in total. The number of hydrogen-bond acceptors (Lipinski definition) is 7. The molecule has 3 heterocycles. The number of hydrogen-bond donors (Lipinski definition) is 1. The molecule has 1 atom stereocenters. The van der Waals surface area contributed by atoms with E-state index in [2.05, 4.69) is 36.0 Å². The molecule has 8 nitrogen and oxygen atoms in total. The van der Waals surface area contributed by atoms with Gasteiger partial charge in [-0.25, -0.2) is 13.4 Å². The minimum absolute atomic E-state index is 0.0705. The third kappa shape index (κ3) is 7.16. The number of sulfonamides is 1. The summed E-state index contributed by atoms with van der Waals surface area (Å²) in [4.78, 5) is 6.95. The molecule has 1 unspecified atom stereocenters. The molecule has 35 heavy (non-hydrogen) atoms. The van der Waals surface area contributed by atoms with Gasteiger partial charge < -0.3 is 14.8 Å². The van der Waals surface area contributed by atoms with Crippen molar-refractivity contribution in [1.29, 1.82) is 0 Å². The standard InChI is InChI=1S/C26H38N4O4S/c1-26(2,3)18-22-9-10-30(22)35(31,32)24-7-8-25(28-20-24)27-19-21-5-4-6-23(17-21)34-16-13-29-11-14-33-15-12-29/h4-8,17,20,22H,9-16,18-19H2,1-3H3,(H,27,28). The van der Waals surface area contributed by atoms with Gasteiger partial charge in [0.1, 0.15) is 23.1 Å². The minimum Gasteiger partial charge on any atom is -0.492 e. The maximum absolute atomic E-state index is 13.1. The second-order valence-electron chi connectivity index (χ2n) is 10.5. The predicted molar refractivity (Wildman–Crippen MR) is 137 cm³/mol. The summed E-state index contributed by atoms with van der Waals surface area (Å²) in [5.41, 5.74) is 1.16. The normalized spacial score (nSPS) is 19.8.